The fourth-order valence-corrected chi connectivity index (χ4v) is 3.69. The van der Waals surface area contributed by atoms with E-state index in [9.17, 15) is 14.4 Å². The number of nitrogens with one attached hydrogen (secondary N) is 1. The molecule has 2 amide bonds. The van der Waals surface area contributed by atoms with Crippen molar-refractivity contribution in [2.24, 2.45) is 11.3 Å². The number of hydrogen-bond acceptors (Lipinski definition) is 6. The van der Waals surface area contributed by atoms with Crippen LogP contribution in [0.3, 0.4) is 0 Å². The van der Waals surface area contributed by atoms with Crippen LogP contribution in [-0.2, 0) is 19.0 Å². The number of methoxy groups -OCH3 is 1. The van der Waals surface area contributed by atoms with E-state index in [1.54, 1.807) is 32.6 Å². The number of carbonyl (C=O) groups excluding carboxylic acids is 3. The lowest BCUT2D eigenvalue weighted by Crippen LogP contribution is -2.47. The van der Waals surface area contributed by atoms with Crippen LogP contribution in [0.25, 0.3) is 0 Å². The zero-order valence-corrected chi connectivity index (χ0v) is 20.3. The molecule has 0 aliphatic carbocycles. The SMILES string of the molecule is COC(=O)C(CC1CC(C)(C)CN1C(=O)OC(C)(C)C)[C@@H](C)NC(=O)OC(C)(C)C. The summed E-state index contributed by atoms with van der Waals surface area (Å²) in [6, 6.07) is -0.738. The van der Waals surface area contributed by atoms with Crippen molar-refractivity contribution in [2.45, 2.75) is 98.4 Å². The van der Waals surface area contributed by atoms with E-state index >= 15 is 0 Å². The molecule has 1 fully saturated rings. The molecule has 2 unspecified atom stereocenters. The first-order chi connectivity index (χ1) is 13.4. The lowest BCUT2D eigenvalue weighted by molar-refractivity contribution is -0.147. The van der Waals surface area contributed by atoms with Crippen LogP contribution in [0.4, 0.5) is 9.59 Å². The lowest BCUT2D eigenvalue weighted by Gasteiger charge is -2.32. The average Bonchev–Trinajstić information content (AvgIpc) is 2.83. The highest BCUT2D eigenvalue weighted by Gasteiger charge is 2.44. The summed E-state index contributed by atoms with van der Waals surface area (Å²) >= 11 is 0. The van der Waals surface area contributed by atoms with Crippen LogP contribution in [0.5, 0.6) is 0 Å². The maximum atomic E-state index is 12.8. The molecule has 3 atom stereocenters. The number of esters is 1. The van der Waals surface area contributed by atoms with E-state index < -0.39 is 41.3 Å². The molecule has 1 N–H and O–H groups in total. The van der Waals surface area contributed by atoms with Crippen LogP contribution in [-0.4, -0.2) is 60.0 Å². The molecule has 1 rings (SSSR count). The van der Waals surface area contributed by atoms with E-state index in [-0.39, 0.29) is 11.5 Å². The number of alkyl carbamates (subject to hydrolysis) is 1. The summed E-state index contributed by atoms with van der Waals surface area (Å²) in [7, 11) is 1.32. The van der Waals surface area contributed by atoms with Gasteiger partial charge >= 0.3 is 18.2 Å². The average molecular weight is 429 g/mol. The second kappa shape index (κ2) is 9.43. The van der Waals surface area contributed by atoms with Crippen LogP contribution in [0, 0.1) is 11.3 Å². The van der Waals surface area contributed by atoms with Crippen molar-refractivity contribution >= 4 is 18.2 Å². The Morgan fingerprint density at radius 2 is 1.60 bits per heavy atom. The van der Waals surface area contributed by atoms with Crippen molar-refractivity contribution in [3.8, 4) is 0 Å². The van der Waals surface area contributed by atoms with Crippen LogP contribution < -0.4 is 5.32 Å². The molecular formula is C22H40N2O6. The first kappa shape index (κ1) is 26.0. The predicted molar refractivity (Wildman–Crippen MR) is 114 cm³/mol. The van der Waals surface area contributed by atoms with Gasteiger partial charge in [0.2, 0.25) is 0 Å². The molecule has 8 heteroatoms. The van der Waals surface area contributed by atoms with Crippen molar-refractivity contribution in [2.75, 3.05) is 13.7 Å². The molecule has 0 aromatic heterocycles. The molecule has 1 aliphatic rings. The minimum absolute atomic E-state index is 0.107. The van der Waals surface area contributed by atoms with E-state index in [1.165, 1.54) is 7.11 Å². The minimum Gasteiger partial charge on any atom is -0.469 e. The van der Waals surface area contributed by atoms with Gasteiger partial charge in [0.1, 0.15) is 11.2 Å². The Balaban J connectivity index is 2.99. The fourth-order valence-electron chi connectivity index (χ4n) is 3.69. The quantitative estimate of drug-likeness (QED) is 0.523. The Morgan fingerprint density at radius 1 is 1.07 bits per heavy atom. The van der Waals surface area contributed by atoms with Gasteiger partial charge in [0.15, 0.2) is 0 Å². The second-order valence-corrected chi connectivity index (χ2v) is 10.9. The summed E-state index contributed by atoms with van der Waals surface area (Å²) < 4.78 is 15.9. The summed E-state index contributed by atoms with van der Waals surface area (Å²) in [5, 5.41) is 2.73. The van der Waals surface area contributed by atoms with Crippen molar-refractivity contribution in [3.05, 3.63) is 0 Å². The van der Waals surface area contributed by atoms with Crippen LogP contribution >= 0.6 is 0 Å². The molecule has 0 aromatic rings. The number of amides is 2. The van der Waals surface area contributed by atoms with Crippen molar-refractivity contribution in [1.29, 1.82) is 0 Å². The summed E-state index contributed by atoms with van der Waals surface area (Å²) in [6.45, 7) is 17.2. The summed E-state index contributed by atoms with van der Waals surface area (Å²) in [6.07, 6.45) is 0.0830. The van der Waals surface area contributed by atoms with Gasteiger partial charge in [-0.15, -0.1) is 0 Å². The molecule has 1 saturated heterocycles. The second-order valence-electron chi connectivity index (χ2n) is 10.9. The topological polar surface area (TPSA) is 94.2 Å². The zero-order chi connectivity index (χ0) is 23.5. The monoisotopic (exact) mass is 428 g/mol. The molecule has 30 heavy (non-hydrogen) atoms. The number of carbonyl (C=O) groups is 3. The smallest absolute Gasteiger partial charge is 0.410 e. The van der Waals surface area contributed by atoms with E-state index in [0.717, 1.165) is 6.42 Å². The van der Waals surface area contributed by atoms with Crippen LogP contribution in [0.15, 0.2) is 0 Å². The maximum Gasteiger partial charge on any atom is 0.410 e. The van der Waals surface area contributed by atoms with Crippen molar-refractivity contribution in [3.63, 3.8) is 0 Å². The number of hydrogen-bond donors (Lipinski definition) is 1. The third-order valence-electron chi connectivity index (χ3n) is 4.83. The maximum absolute atomic E-state index is 12.8. The Bertz CT molecular complexity index is 633. The minimum atomic E-state index is -0.645. The zero-order valence-electron chi connectivity index (χ0n) is 20.3. The summed E-state index contributed by atoms with van der Waals surface area (Å²) in [5.74, 6) is -1.07. The Labute approximate surface area is 181 Å². The number of likely N-dealkylation sites (tertiary alicyclic amines) is 1. The van der Waals surface area contributed by atoms with Gasteiger partial charge in [0.25, 0.3) is 0 Å². The summed E-state index contributed by atoms with van der Waals surface area (Å²) in [4.78, 5) is 39.2. The van der Waals surface area contributed by atoms with Crippen molar-refractivity contribution < 1.29 is 28.6 Å². The number of ether oxygens (including phenoxy) is 3. The Hall–Kier alpha value is -1.99. The standard InChI is InChI=1S/C22H40N2O6/c1-14(23-18(26)29-20(2,3)4)16(17(25)28-10)11-15-12-22(8,9)13-24(15)19(27)30-21(5,6)7/h14-16H,11-13H2,1-10H3,(H,23,26)/t14-,15?,16?/m1/s1. The molecule has 1 aliphatic heterocycles. The van der Waals surface area contributed by atoms with Gasteiger partial charge in [-0.2, -0.15) is 0 Å². The number of nitrogens with zero attached hydrogens (tertiary/aromatic N) is 1. The van der Waals surface area contributed by atoms with Gasteiger partial charge in [-0.3, -0.25) is 4.79 Å². The molecule has 0 aromatic carbocycles. The van der Waals surface area contributed by atoms with Gasteiger partial charge in [0, 0.05) is 18.6 Å². The fraction of sp³-hybridized carbons (Fsp3) is 0.864. The summed E-state index contributed by atoms with van der Waals surface area (Å²) in [5.41, 5.74) is -1.36. The van der Waals surface area contributed by atoms with Gasteiger partial charge < -0.3 is 24.4 Å². The molecule has 0 bridgehead atoms. The van der Waals surface area contributed by atoms with E-state index in [0.29, 0.717) is 13.0 Å². The van der Waals surface area contributed by atoms with Gasteiger partial charge in [-0.25, -0.2) is 9.59 Å². The molecule has 0 saturated carbocycles. The first-order valence-electron chi connectivity index (χ1n) is 10.5. The molecule has 0 radical (unpaired) electrons. The largest absolute Gasteiger partial charge is 0.469 e. The van der Waals surface area contributed by atoms with E-state index in [1.807, 2.05) is 20.8 Å². The van der Waals surface area contributed by atoms with Gasteiger partial charge in [0.05, 0.1) is 13.0 Å². The van der Waals surface area contributed by atoms with Crippen molar-refractivity contribution in [1.82, 2.24) is 10.2 Å². The predicted octanol–water partition coefficient (Wildman–Crippen LogP) is 4.11. The van der Waals surface area contributed by atoms with Gasteiger partial charge in [-0.05, 0) is 66.7 Å². The van der Waals surface area contributed by atoms with Gasteiger partial charge in [-0.1, -0.05) is 13.8 Å². The molecule has 0 spiro atoms. The third-order valence-corrected chi connectivity index (χ3v) is 4.83. The highest BCUT2D eigenvalue weighted by Crippen LogP contribution is 2.38. The lowest BCUT2D eigenvalue weighted by atomic mass is 9.86. The Kier molecular flexibility index (Phi) is 8.19. The molecule has 8 nitrogen and oxygen atoms in total. The van der Waals surface area contributed by atoms with Crippen LogP contribution in [0.2, 0.25) is 0 Å². The highest BCUT2D eigenvalue weighted by molar-refractivity contribution is 5.75. The van der Waals surface area contributed by atoms with E-state index in [2.05, 4.69) is 19.2 Å². The van der Waals surface area contributed by atoms with E-state index in [4.69, 9.17) is 14.2 Å². The first-order valence-corrected chi connectivity index (χ1v) is 10.5. The highest BCUT2D eigenvalue weighted by atomic mass is 16.6. The molecule has 174 valence electrons. The third kappa shape index (κ3) is 8.40. The molecule has 1 heterocycles. The number of rotatable bonds is 5. The Morgan fingerprint density at radius 3 is 2.07 bits per heavy atom. The molecular weight excluding hydrogens is 388 g/mol. The van der Waals surface area contributed by atoms with Crippen LogP contribution in [0.1, 0.15) is 75.2 Å². The normalized spacial score (nSPS) is 20.9.